The molecule has 0 aliphatic rings. The standard InChI is InChI=1S/C13H20BrNO/c1-3-13(16)9-15-10(2)8-11-4-6-12(14)7-5-11/h4-7,10,13,15-16H,3,8-9H2,1-2H3. The third-order valence-electron chi connectivity index (χ3n) is 2.63. The molecule has 1 aromatic rings. The third kappa shape index (κ3) is 5.10. The number of rotatable bonds is 6. The summed E-state index contributed by atoms with van der Waals surface area (Å²) >= 11 is 3.42. The van der Waals surface area contributed by atoms with Crippen LogP contribution in [0.25, 0.3) is 0 Å². The molecule has 0 aromatic heterocycles. The zero-order valence-electron chi connectivity index (χ0n) is 9.91. The summed E-state index contributed by atoms with van der Waals surface area (Å²) < 4.78 is 1.11. The minimum atomic E-state index is -0.229. The summed E-state index contributed by atoms with van der Waals surface area (Å²) in [6.07, 6.45) is 1.56. The highest BCUT2D eigenvalue weighted by molar-refractivity contribution is 9.10. The van der Waals surface area contributed by atoms with Crippen LogP contribution in [0, 0.1) is 0 Å². The van der Waals surface area contributed by atoms with Crippen LogP contribution in [0.15, 0.2) is 28.7 Å². The highest BCUT2D eigenvalue weighted by atomic mass is 79.9. The first-order valence-corrected chi connectivity index (χ1v) is 6.57. The zero-order chi connectivity index (χ0) is 12.0. The van der Waals surface area contributed by atoms with Crippen LogP contribution in [0.2, 0.25) is 0 Å². The molecule has 2 nitrogen and oxygen atoms in total. The molecule has 3 heteroatoms. The van der Waals surface area contributed by atoms with E-state index in [0.717, 1.165) is 17.3 Å². The van der Waals surface area contributed by atoms with Gasteiger partial charge in [-0.1, -0.05) is 35.0 Å². The molecule has 0 fully saturated rings. The first-order chi connectivity index (χ1) is 7.61. The van der Waals surface area contributed by atoms with E-state index in [4.69, 9.17) is 0 Å². The number of hydrogen-bond donors (Lipinski definition) is 2. The maximum Gasteiger partial charge on any atom is 0.0662 e. The van der Waals surface area contributed by atoms with E-state index in [1.165, 1.54) is 5.56 Å². The second-order valence-electron chi connectivity index (χ2n) is 4.20. The molecule has 0 amide bonds. The highest BCUT2D eigenvalue weighted by Gasteiger charge is 2.05. The Kier molecular flexibility index (Phi) is 6.03. The summed E-state index contributed by atoms with van der Waals surface area (Å²) in [5.74, 6) is 0. The molecule has 0 bridgehead atoms. The van der Waals surface area contributed by atoms with E-state index in [2.05, 4.69) is 52.4 Å². The number of benzene rings is 1. The molecular formula is C13H20BrNO. The van der Waals surface area contributed by atoms with Crippen LogP contribution in [-0.4, -0.2) is 23.8 Å². The Morgan fingerprint density at radius 2 is 1.94 bits per heavy atom. The van der Waals surface area contributed by atoms with Crippen molar-refractivity contribution in [3.63, 3.8) is 0 Å². The van der Waals surface area contributed by atoms with Gasteiger partial charge >= 0.3 is 0 Å². The van der Waals surface area contributed by atoms with Crippen LogP contribution in [0.4, 0.5) is 0 Å². The van der Waals surface area contributed by atoms with E-state index >= 15 is 0 Å². The van der Waals surface area contributed by atoms with Crippen molar-refractivity contribution in [2.45, 2.75) is 38.8 Å². The van der Waals surface area contributed by atoms with Crippen molar-refractivity contribution in [2.75, 3.05) is 6.54 Å². The van der Waals surface area contributed by atoms with E-state index in [9.17, 15) is 5.11 Å². The average molecular weight is 286 g/mol. The van der Waals surface area contributed by atoms with Gasteiger partial charge in [0.2, 0.25) is 0 Å². The lowest BCUT2D eigenvalue weighted by Crippen LogP contribution is -2.34. The lowest BCUT2D eigenvalue weighted by atomic mass is 10.1. The Hall–Kier alpha value is -0.380. The van der Waals surface area contributed by atoms with Crippen molar-refractivity contribution >= 4 is 15.9 Å². The molecule has 0 heterocycles. The molecule has 2 N–H and O–H groups in total. The molecule has 16 heavy (non-hydrogen) atoms. The first-order valence-electron chi connectivity index (χ1n) is 5.77. The third-order valence-corrected chi connectivity index (χ3v) is 3.16. The van der Waals surface area contributed by atoms with Crippen molar-refractivity contribution in [2.24, 2.45) is 0 Å². The molecule has 0 saturated heterocycles. The predicted octanol–water partition coefficient (Wildman–Crippen LogP) is 2.74. The van der Waals surface area contributed by atoms with E-state index in [1.54, 1.807) is 0 Å². The summed E-state index contributed by atoms with van der Waals surface area (Å²) in [6, 6.07) is 8.76. The van der Waals surface area contributed by atoms with Gasteiger partial charge in [-0.3, -0.25) is 0 Å². The molecule has 0 saturated carbocycles. The first kappa shape index (κ1) is 13.7. The Labute approximate surface area is 106 Å². The van der Waals surface area contributed by atoms with E-state index in [-0.39, 0.29) is 6.10 Å². The smallest absolute Gasteiger partial charge is 0.0662 e. The predicted molar refractivity (Wildman–Crippen MR) is 71.6 cm³/mol. The van der Waals surface area contributed by atoms with Gasteiger partial charge in [0.1, 0.15) is 0 Å². The average Bonchev–Trinajstić information content (AvgIpc) is 2.29. The van der Waals surface area contributed by atoms with E-state index < -0.39 is 0 Å². The largest absolute Gasteiger partial charge is 0.392 e. The van der Waals surface area contributed by atoms with Crippen molar-refractivity contribution in [3.05, 3.63) is 34.3 Å². The normalized spacial score (nSPS) is 14.8. The Morgan fingerprint density at radius 1 is 1.31 bits per heavy atom. The zero-order valence-corrected chi connectivity index (χ0v) is 11.5. The van der Waals surface area contributed by atoms with Gasteiger partial charge in [0.15, 0.2) is 0 Å². The number of aliphatic hydroxyl groups is 1. The molecule has 0 radical (unpaired) electrons. The quantitative estimate of drug-likeness (QED) is 0.842. The molecule has 1 rings (SSSR count). The number of nitrogens with one attached hydrogen (secondary N) is 1. The van der Waals surface area contributed by atoms with Crippen LogP contribution in [0.5, 0.6) is 0 Å². The molecular weight excluding hydrogens is 266 g/mol. The second kappa shape index (κ2) is 7.05. The van der Waals surface area contributed by atoms with E-state index in [0.29, 0.717) is 12.6 Å². The minimum absolute atomic E-state index is 0.229. The molecule has 2 atom stereocenters. The fourth-order valence-corrected chi connectivity index (χ4v) is 1.79. The van der Waals surface area contributed by atoms with Gasteiger partial charge in [-0.15, -0.1) is 0 Å². The summed E-state index contributed by atoms with van der Waals surface area (Å²) in [5, 5.41) is 12.8. The summed E-state index contributed by atoms with van der Waals surface area (Å²) in [5.41, 5.74) is 1.31. The molecule has 0 aliphatic carbocycles. The fourth-order valence-electron chi connectivity index (χ4n) is 1.53. The van der Waals surface area contributed by atoms with Crippen LogP contribution in [0.1, 0.15) is 25.8 Å². The van der Waals surface area contributed by atoms with Gasteiger partial charge in [-0.05, 0) is 37.5 Å². The lowest BCUT2D eigenvalue weighted by Gasteiger charge is -2.16. The summed E-state index contributed by atoms with van der Waals surface area (Å²) in [7, 11) is 0. The fraction of sp³-hybridized carbons (Fsp3) is 0.538. The number of halogens is 1. The van der Waals surface area contributed by atoms with E-state index in [1.807, 2.05) is 6.92 Å². The van der Waals surface area contributed by atoms with Gasteiger partial charge in [-0.2, -0.15) is 0 Å². The van der Waals surface area contributed by atoms with Crippen LogP contribution >= 0.6 is 15.9 Å². The van der Waals surface area contributed by atoms with Crippen molar-refractivity contribution in [3.8, 4) is 0 Å². The van der Waals surface area contributed by atoms with Crippen molar-refractivity contribution < 1.29 is 5.11 Å². The van der Waals surface area contributed by atoms with Gasteiger partial charge in [-0.25, -0.2) is 0 Å². The molecule has 2 unspecified atom stereocenters. The second-order valence-corrected chi connectivity index (χ2v) is 5.12. The highest BCUT2D eigenvalue weighted by Crippen LogP contribution is 2.11. The Morgan fingerprint density at radius 3 is 2.50 bits per heavy atom. The van der Waals surface area contributed by atoms with Gasteiger partial charge < -0.3 is 10.4 Å². The van der Waals surface area contributed by atoms with Gasteiger partial charge in [0.25, 0.3) is 0 Å². The van der Waals surface area contributed by atoms with Crippen molar-refractivity contribution in [1.29, 1.82) is 0 Å². The lowest BCUT2D eigenvalue weighted by molar-refractivity contribution is 0.163. The maximum atomic E-state index is 9.44. The minimum Gasteiger partial charge on any atom is -0.392 e. The van der Waals surface area contributed by atoms with Gasteiger partial charge in [0.05, 0.1) is 6.10 Å². The molecule has 1 aromatic carbocycles. The van der Waals surface area contributed by atoms with Crippen LogP contribution in [0.3, 0.4) is 0 Å². The van der Waals surface area contributed by atoms with Crippen LogP contribution < -0.4 is 5.32 Å². The maximum absolute atomic E-state index is 9.44. The number of hydrogen-bond acceptors (Lipinski definition) is 2. The number of aliphatic hydroxyl groups excluding tert-OH is 1. The molecule has 90 valence electrons. The topological polar surface area (TPSA) is 32.3 Å². The Balaban J connectivity index is 2.33. The summed E-state index contributed by atoms with van der Waals surface area (Å²) in [6.45, 7) is 4.81. The monoisotopic (exact) mass is 285 g/mol. The van der Waals surface area contributed by atoms with Crippen molar-refractivity contribution in [1.82, 2.24) is 5.32 Å². The SMILES string of the molecule is CCC(O)CNC(C)Cc1ccc(Br)cc1. The summed E-state index contributed by atoms with van der Waals surface area (Å²) in [4.78, 5) is 0. The Bertz CT molecular complexity index is 299. The van der Waals surface area contributed by atoms with Gasteiger partial charge in [0, 0.05) is 17.1 Å². The molecule has 0 spiro atoms. The van der Waals surface area contributed by atoms with Crippen LogP contribution in [-0.2, 0) is 6.42 Å². The molecule has 0 aliphatic heterocycles.